The first-order valence-corrected chi connectivity index (χ1v) is 9.78. The van der Waals surface area contributed by atoms with Gasteiger partial charge in [0.25, 0.3) is 0 Å². The first-order chi connectivity index (χ1) is 13.9. The summed E-state index contributed by atoms with van der Waals surface area (Å²) in [5, 5.41) is 6.54. The fourth-order valence-corrected chi connectivity index (χ4v) is 3.79. The summed E-state index contributed by atoms with van der Waals surface area (Å²) in [5.41, 5.74) is 0.882. The molecular weight excluding hydrogens is 499 g/mol. The number of amides is 1. The maximum absolute atomic E-state index is 12.7. The van der Waals surface area contributed by atoms with Gasteiger partial charge < -0.3 is 25.0 Å². The van der Waals surface area contributed by atoms with Crippen LogP contribution >= 0.6 is 24.0 Å². The fourth-order valence-electron chi connectivity index (χ4n) is 3.79. The monoisotopic (exact) mass is 532 g/mol. The molecule has 8 nitrogen and oxygen atoms in total. The quantitative estimate of drug-likeness (QED) is 0.243. The molecule has 1 amide bonds. The van der Waals surface area contributed by atoms with E-state index in [0.717, 1.165) is 31.2 Å². The number of hydrogen-bond donors (Lipinski definition) is 2. The maximum atomic E-state index is 12.7. The van der Waals surface area contributed by atoms with Crippen LogP contribution in [-0.4, -0.2) is 64.6 Å². The number of nitrogens with one attached hydrogen (secondary N) is 2. The molecule has 30 heavy (non-hydrogen) atoms. The highest BCUT2D eigenvalue weighted by molar-refractivity contribution is 14.0. The summed E-state index contributed by atoms with van der Waals surface area (Å²) in [6, 6.07) is 5.35. The van der Waals surface area contributed by atoms with Gasteiger partial charge in [0.1, 0.15) is 11.3 Å². The Kier molecular flexibility index (Phi) is 10.4. The number of esters is 1. The van der Waals surface area contributed by atoms with Crippen molar-refractivity contribution in [3.05, 3.63) is 29.3 Å². The van der Waals surface area contributed by atoms with Crippen LogP contribution in [0.5, 0.6) is 5.75 Å². The second-order valence-electron chi connectivity index (χ2n) is 7.49. The molecule has 2 N–H and O–H groups in total. The molecule has 0 spiro atoms. The molecule has 1 aliphatic rings. The molecule has 1 aliphatic carbocycles. The zero-order valence-electron chi connectivity index (χ0n) is 18.4. The topological polar surface area (TPSA) is 92.3 Å². The Balaban J connectivity index is 0.00000450. The standard InChI is InChI=1S/C21H32N4O4.HI/c1-22-20(24-14-21(10-6-7-11-21)19(27)25(2)3)23-13-15-8-9-17(28-4)16(12-15)18(26)29-5;/h8-9,12H,6-7,10-11,13-14H2,1-5H3,(H2,22,23,24);1H. The molecule has 0 aliphatic heterocycles. The van der Waals surface area contributed by atoms with Crippen molar-refractivity contribution < 1.29 is 19.1 Å². The summed E-state index contributed by atoms with van der Waals surface area (Å²) in [7, 11) is 8.15. The van der Waals surface area contributed by atoms with Crippen LogP contribution in [0.1, 0.15) is 41.6 Å². The number of carbonyl (C=O) groups excluding carboxylic acids is 2. The number of ether oxygens (including phenoxy) is 2. The minimum Gasteiger partial charge on any atom is -0.496 e. The number of guanidine groups is 1. The number of halogens is 1. The molecule has 0 aromatic heterocycles. The summed E-state index contributed by atoms with van der Waals surface area (Å²) in [6.07, 6.45) is 3.90. The van der Waals surface area contributed by atoms with Gasteiger partial charge in [-0.05, 0) is 30.5 Å². The molecule has 0 heterocycles. The summed E-state index contributed by atoms with van der Waals surface area (Å²) in [4.78, 5) is 30.6. The lowest BCUT2D eigenvalue weighted by molar-refractivity contribution is -0.138. The van der Waals surface area contributed by atoms with Crippen molar-refractivity contribution in [3.8, 4) is 5.75 Å². The number of methoxy groups -OCH3 is 2. The Labute approximate surface area is 195 Å². The third-order valence-corrected chi connectivity index (χ3v) is 5.37. The van der Waals surface area contributed by atoms with Gasteiger partial charge in [-0.1, -0.05) is 18.9 Å². The van der Waals surface area contributed by atoms with Gasteiger partial charge in [0.05, 0.1) is 19.6 Å². The van der Waals surface area contributed by atoms with Crippen LogP contribution in [0.15, 0.2) is 23.2 Å². The molecular formula is C21H33IN4O4. The van der Waals surface area contributed by atoms with E-state index in [2.05, 4.69) is 15.6 Å². The van der Waals surface area contributed by atoms with Crippen LogP contribution in [0.4, 0.5) is 0 Å². The Bertz CT molecular complexity index is 761. The second kappa shape index (κ2) is 12.0. The van der Waals surface area contributed by atoms with Crippen molar-refractivity contribution in [2.24, 2.45) is 10.4 Å². The van der Waals surface area contributed by atoms with Gasteiger partial charge in [0.15, 0.2) is 5.96 Å². The van der Waals surface area contributed by atoms with Crippen LogP contribution in [0.3, 0.4) is 0 Å². The predicted octanol–water partition coefficient (Wildman–Crippen LogP) is 2.41. The average Bonchev–Trinajstić information content (AvgIpc) is 3.22. The Hall–Kier alpha value is -2.04. The summed E-state index contributed by atoms with van der Waals surface area (Å²) in [5.74, 6) is 0.791. The highest BCUT2D eigenvalue weighted by Crippen LogP contribution is 2.38. The summed E-state index contributed by atoms with van der Waals surface area (Å²) in [6.45, 7) is 1.00. The van der Waals surface area contributed by atoms with Crippen molar-refractivity contribution in [1.29, 1.82) is 0 Å². The van der Waals surface area contributed by atoms with E-state index in [1.165, 1.54) is 14.2 Å². The number of nitrogens with zero attached hydrogens (tertiary/aromatic N) is 2. The van der Waals surface area contributed by atoms with Crippen LogP contribution < -0.4 is 15.4 Å². The average molecular weight is 532 g/mol. The first-order valence-electron chi connectivity index (χ1n) is 9.78. The lowest BCUT2D eigenvalue weighted by Crippen LogP contribution is -2.49. The van der Waals surface area contributed by atoms with Crippen LogP contribution in [0, 0.1) is 5.41 Å². The molecule has 0 unspecified atom stereocenters. The largest absolute Gasteiger partial charge is 0.496 e. The van der Waals surface area contributed by atoms with Crippen molar-refractivity contribution in [3.63, 3.8) is 0 Å². The molecule has 1 aromatic carbocycles. The molecule has 2 rings (SSSR count). The van der Waals surface area contributed by atoms with E-state index in [1.807, 2.05) is 6.07 Å². The molecule has 0 radical (unpaired) electrons. The third-order valence-electron chi connectivity index (χ3n) is 5.37. The molecule has 1 fully saturated rings. The van der Waals surface area contributed by atoms with E-state index in [1.54, 1.807) is 38.2 Å². The van der Waals surface area contributed by atoms with E-state index in [9.17, 15) is 9.59 Å². The minimum atomic E-state index is -0.448. The zero-order valence-corrected chi connectivity index (χ0v) is 20.7. The number of aliphatic imine (C=N–C) groups is 1. The van der Waals surface area contributed by atoms with Crippen molar-refractivity contribution in [1.82, 2.24) is 15.5 Å². The van der Waals surface area contributed by atoms with Gasteiger partial charge in [-0.2, -0.15) is 0 Å². The van der Waals surface area contributed by atoms with Crippen molar-refractivity contribution in [2.75, 3.05) is 41.9 Å². The van der Waals surface area contributed by atoms with Gasteiger partial charge >= 0.3 is 5.97 Å². The predicted molar refractivity (Wildman–Crippen MR) is 128 cm³/mol. The van der Waals surface area contributed by atoms with Crippen molar-refractivity contribution in [2.45, 2.75) is 32.2 Å². The number of hydrogen-bond acceptors (Lipinski definition) is 5. The molecule has 9 heteroatoms. The minimum absolute atomic E-state index is 0. The Morgan fingerprint density at radius 3 is 2.37 bits per heavy atom. The number of benzene rings is 1. The van der Waals surface area contributed by atoms with Gasteiger partial charge in [-0.15, -0.1) is 24.0 Å². The number of carbonyl (C=O) groups is 2. The second-order valence-corrected chi connectivity index (χ2v) is 7.49. The normalized spacial score (nSPS) is 15.0. The Morgan fingerprint density at radius 2 is 1.83 bits per heavy atom. The highest BCUT2D eigenvalue weighted by atomic mass is 127. The van der Waals surface area contributed by atoms with Crippen LogP contribution in [-0.2, 0) is 16.1 Å². The van der Waals surface area contributed by atoms with Crippen molar-refractivity contribution >= 4 is 41.8 Å². The number of rotatable bonds is 7. The first kappa shape index (κ1) is 26.0. The van der Waals surface area contributed by atoms with Crippen LogP contribution in [0.2, 0.25) is 0 Å². The van der Waals surface area contributed by atoms with E-state index in [-0.39, 0.29) is 35.3 Å². The van der Waals surface area contributed by atoms with E-state index >= 15 is 0 Å². The Morgan fingerprint density at radius 1 is 1.17 bits per heavy atom. The summed E-state index contributed by atoms with van der Waals surface area (Å²) < 4.78 is 10.0. The molecule has 168 valence electrons. The molecule has 0 atom stereocenters. The zero-order chi connectivity index (χ0) is 21.4. The maximum Gasteiger partial charge on any atom is 0.341 e. The summed E-state index contributed by atoms with van der Waals surface area (Å²) >= 11 is 0. The molecule has 0 bridgehead atoms. The fraction of sp³-hybridized carbons (Fsp3) is 0.571. The highest BCUT2D eigenvalue weighted by Gasteiger charge is 2.42. The van der Waals surface area contributed by atoms with Gasteiger partial charge in [-0.3, -0.25) is 9.79 Å². The van der Waals surface area contributed by atoms with E-state index < -0.39 is 5.97 Å². The SMILES string of the molecule is CN=C(NCc1ccc(OC)c(C(=O)OC)c1)NCC1(C(=O)N(C)C)CCCC1.I. The molecule has 0 saturated heterocycles. The van der Waals surface area contributed by atoms with E-state index in [0.29, 0.717) is 30.4 Å². The lowest BCUT2D eigenvalue weighted by atomic mass is 9.84. The van der Waals surface area contributed by atoms with Gasteiger partial charge in [-0.25, -0.2) is 4.79 Å². The molecule has 1 aromatic rings. The third kappa shape index (κ3) is 6.23. The molecule has 1 saturated carbocycles. The van der Waals surface area contributed by atoms with Crippen LogP contribution in [0.25, 0.3) is 0 Å². The van der Waals surface area contributed by atoms with Gasteiger partial charge in [0.2, 0.25) is 5.91 Å². The van der Waals surface area contributed by atoms with Gasteiger partial charge in [0, 0.05) is 34.2 Å². The lowest BCUT2D eigenvalue weighted by Gasteiger charge is -2.31. The smallest absolute Gasteiger partial charge is 0.341 e. The van der Waals surface area contributed by atoms with E-state index in [4.69, 9.17) is 9.47 Å².